The number of fused-ring (bicyclic) bond motifs is 1. The second-order valence-electron chi connectivity index (χ2n) is 6.24. The molecule has 1 aromatic heterocycles. The molecule has 1 amide bonds. The number of benzene rings is 2. The van der Waals surface area contributed by atoms with E-state index in [4.69, 9.17) is 0 Å². The van der Waals surface area contributed by atoms with Gasteiger partial charge in [-0.25, -0.2) is 0 Å². The smallest absolute Gasteiger partial charge is 0.254 e. The van der Waals surface area contributed by atoms with E-state index >= 15 is 0 Å². The Morgan fingerprint density at radius 1 is 1.12 bits per heavy atom. The fraction of sp³-hybridized carbons (Fsp3) is 0.200. The Hall–Kier alpha value is -2.40. The summed E-state index contributed by atoms with van der Waals surface area (Å²) >= 11 is 3.41. The molecule has 0 aliphatic rings. The summed E-state index contributed by atoms with van der Waals surface area (Å²) in [5.74, 6) is -0.0549. The maximum atomic E-state index is 13.0. The van der Waals surface area contributed by atoms with E-state index in [2.05, 4.69) is 20.9 Å². The second kappa shape index (κ2) is 7.23. The summed E-state index contributed by atoms with van der Waals surface area (Å²) in [5, 5.41) is 0.954. The first-order valence-corrected chi connectivity index (χ1v) is 8.92. The Morgan fingerprint density at radius 2 is 1.88 bits per heavy atom. The van der Waals surface area contributed by atoms with Gasteiger partial charge in [0, 0.05) is 39.6 Å². The minimum Gasteiger partial charge on any atom is -0.332 e. The zero-order chi connectivity index (χ0) is 18.0. The summed E-state index contributed by atoms with van der Waals surface area (Å²) in [5.41, 5.74) is 2.09. The van der Waals surface area contributed by atoms with Gasteiger partial charge in [0.25, 0.3) is 5.91 Å². The molecule has 3 aromatic rings. The molecule has 128 valence electrons. The van der Waals surface area contributed by atoms with Crippen LogP contribution in [0.3, 0.4) is 0 Å². The van der Waals surface area contributed by atoms with Crippen molar-refractivity contribution in [3.05, 3.63) is 80.6 Å². The lowest BCUT2D eigenvalue weighted by molar-refractivity contribution is 0.0691. The molecule has 0 saturated carbocycles. The van der Waals surface area contributed by atoms with Crippen LogP contribution in [0.5, 0.6) is 0 Å². The number of hydrogen-bond donors (Lipinski definition) is 1. The molecular weight excluding hydrogens is 380 g/mol. The third kappa shape index (κ3) is 3.82. The van der Waals surface area contributed by atoms with Gasteiger partial charge in [-0.1, -0.05) is 40.2 Å². The van der Waals surface area contributed by atoms with Crippen LogP contribution in [0.15, 0.2) is 63.9 Å². The number of amides is 1. The lowest BCUT2D eigenvalue weighted by Crippen LogP contribution is -2.36. The van der Waals surface area contributed by atoms with Gasteiger partial charge in [0.05, 0.1) is 0 Å². The van der Waals surface area contributed by atoms with E-state index in [1.165, 1.54) is 0 Å². The fourth-order valence-electron chi connectivity index (χ4n) is 2.87. The molecule has 0 aliphatic carbocycles. The van der Waals surface area contributed by atoms with Gasteiger partial charge in [-0.2, -0.15) is 0 Å². The molecule has 0 saturated heterocycles. The summed E-state index contributed by atoms with van der Waals surface area (Å²) in [4.78, 5) is 29.6. The summed E-state index contributed by atoms with van der Waals surface area (Å²) in [6.45, 7) is 4.34. The number of pyridine rings is 1. The van der Waals surface area contributed by atoms with E-state index < -0.39 is 0 Å². The van der Waals surface area contributed by atoms with Crippen LogP contribution in [0, 0.1) is 0 Å². The van der Waals surface area contributed by atoms with Gasteiger partial charge in [0.15, 0.2) is 0 Å². The van der Waals surface area contributed by atoms with Crippen LogP contribution in [0.1, 0.15) is 29.8 Å². The van der Waals surface area contributed by atoms with Crippen molar-refractivity contribution >= 4 is 32.7 Å². The van der Waals surface area contributed by atoms with Gasteiger partial charge < -0.3 is 9.88 Å². The highest BCUT2D eigenvalue weighted by atomic mass is 79.9. The zero-order valence-corrected chi connectivity index (χ0v) is 15.7. The lowest BCUT2D eigenvalue weighted by Gasteiger charge is -2.27. The van der Waals surface area contributed by atoms with Crippen molar-refractivity contribution in [3.8, 4) is 0 Å². The van der Waals surface area contributed by atoms with E-state index in [0.29, 0.717) is 12.1 Å². The third-order valence-electron chi connectivity index (χ3n) is 4.13. The molecule has 25 heavy (non-hydrogen) atoms. The number of nitrogens with one attached hydrogen (secondary N) is 1. The number of H-pyrrole nitrogens is 1. The molecule has 0 aliphatic heterocycles. The second-order valence-corrected chi connectivity index (χ2v) is 7.16. The highest BCUT2D eigenvalue weighted by Gasteiger charge is 2.20. The molecule has 3 rings (SSSR count). The Bertz CT molecular complexity index is 979. The first kappa shape index (κ1) is 17.4. The molecule has 4 nitrogen and oxygen atoms in total. The van der Waals surface area contributed by atoms with E-state index in [9.17, 15) is 9.59 Å². The highest BCUT2D eigenvalue weighted by molar-refractivity contribution is 9.10. The van der Waals surface area contributed by atoms with Crippen LogP contribution in [-0.2, 0) is 6.54 Å². The first-order valence-electron chi connectivity index (χ1n) is 8.13. The molecule has 0 spiro atoms. The van der Waals surface area contributed by atoms with Gasteiger partial charge >= 0.3 is 0 Å². The maximum Gasteiger partial charge on any atom is 0.254 e. The number of para-hydroxylation sites is 1. The van der Waals surface area contributed by atoms with Crippen LogP contribution in [0.25, 0.3) is 10.9 Å². The number of aromatic nitrogens is 1. The highest BCUT2D eigenvalue weighted by Crippen LogP contribution is 2.20. The topological polar surface area (TPSA) is 53.2 Å². The quantitative estimate of drug-likeness (QED) is 0.710. The van der Waals surface area contributed by atoms with Crippen molar-refractivity contribution < 1.29 is 4.79 Å². The molecule has 0 atom stereocenters. The van der Waals surface area contributed by atoms with E-state index in [1.54, 1.807) is 17.0 Å². The molecule has 1 heterocycles. The Labute approximate surface area is 154 Å². The molecule has 5 heteroatoms. The predicted octanol–water partition coefficient (Wildman–Crippen LogP) is 4.34. The van der Waals surface area contributed by atoms with Gasteiger partial charge in [-0.3, -0.25) is 9.59 Å². The summed E-state index contributed by atoms with van der Waals surface area (Å²) in [6.07, 6.45) is 0. The Morgan fingerprint density at radius 3 is 2.60 bits per heavy atom. The lowest BCUT2D eigenvalue weighted by atomic mass is 10.1. The molecule has 0 unspecified atom stereocenters. The van der Waals surface area contributed by atoms with Crippen LogP contribution < -0.4 is 5.56 Å². The predicted molar refractivity (Wildman–Crippen MR) is 104 cm³/mol. The van der Waals surface area contributed by atoms with Gasteiger partial charge in [-0.05, 0) is 43.7 Å². The zero-order valence-electron chi connectivity index (χ0n) is 14.1. The van der Waals surface area contributed by atoms with Crippen molar-refractivity contribution in [2.75, 3.05) is 0 Å². The normalized spacial score (nSPS) is 11.0. The number of hydrogen-bond acceptors (Lipinski definition) is 2. The summed E-state index contributed by atoms with van der Waals surface area (Å²) in [7, 11) is 0. The average Bonchev–Trinajstić information content (AvgIpc) is 2.58. The van der Waals surface area contributed by atoms with Crippen molar-refractivity contribution in [2.24, 2.45) is 0 Å². The molecule has 0 fully saturated rings. The van der Waals surface area contributed by atoms with Crippen molar-refractivity contribution in [3.63, 3.8) is 0 Å². The number of carbonyl (C=O) groups excluding carboxylic acids is 1. The number of carbonyl (C=O) groups is 1. The Balaban J connectivity index is 2.01. The van der Waals surface area contributed by atoms with Crippen molar-refractivity contribution in [1.82, 2.24) is 9.88 Å². The van der Waals surface area contributed by atoms with Crippen molar-refractivity contribution in [1.29, 1.82) is 0 Å². The number of nitrogens with zero attached hydrogens (tertiary/aromatic N) is 1. The minimum absolute atomic E-state index is 0.00420. The summed E-state index contributed by atoms with van der Waals surface area (Å²) < 4.78 is 0.865. The van der Waals surface area contributed by atoms with Gasteiger partial charge in [-0.15, -0.1) is 0 Å². The molecule has 0 bridgehead atoms. The van der Waals surface area contributed by atoms with Crippen LogP contribution in [0.4, 0.5) is 0 Å². The third-order valence-corrected chi connectivity index (χ3v) is 4.63. The van der Waals surface area contributed by atoms with Gasteiger partial charge in [0.2, 0.25) is 5.56 Å². The van der Waals surface area contributed by atoms with Crippen LogP contribution in [0.2, 0.25) is 0 Å². The van der Waals surface area contributed by atoms with Crippen molar-refractivity contribution in [2.45, 2.75) is 26.4 Å². The summed E-state index contributed by atoms with van der Waals surface area (Å²) in [6, 6.07) is 16.6. The van der Waals surface area contributed by atoms with E-state index in [0.717, 1.165) is 20.9 Å². The maximum absolute atomic E-state index is 13.0. The molecule has 0 radical (unpaired) electrons. The molecule has 2 aromatic carbocycles. The number of halogens is 1. The fourth-order valence-corrected chi connectivity index (χ4v) is 3.27. The first-order chi connectivity index (χ1) is 12.0. The van der Waals surface area contributed by atoms with Gasteiger partial charge in [0.1, 0.15) is 0 Å². The number of aromatic amines is 1. The monoisotopic (exact) mass is 398 g/mol. The Kier molecular flexibility index (Phi) is 5.04. The molecule has 1 N–H and O–H groups in total. The SMILES string of the molecule is CC(C)N(Cc1cc(=O)[nH]c2ccccc12)C(=O)c1cccc(Br)c1. The van der Waals surface area contributed by atoms with Crippen LogP contribution in [-0.4, -0.2) is 21.8 Å². The van der Waals surface area contributed by atoms with Crippen LogP contribution >= 0.6 is 15.9 Å². The standard InChI is InChI=1S/C20H19BrN2O2/c1-13(2)23(20(25)14-6-5-7-16(21)10-14)12-15-11-19(24)22-18-9-4-3-8-17(15)18/h3-11,13H,12H2,1-2H3,(H,22,24). The minimum atomic E-state index is -0.160. The van der Waals surface area contributed by atoms with E-state index in [1.807, 2.05) is 56.3 Å². The number of rotatable bonds is 4. The largest absolute Gasteiger partial charge is 0.332 e. The molecular formula is C20H19BrN2O2. The average molecular weight is 399 g/mol. The van der Waals surface area contributed by atoms with E-state index in [-0.39, 0.29) is 17.5 Å².